The molecular weight excluding hydrogens is 144 g/mol. The first-order valence-corrected chi connectivity index (χ1v) is 3.04. The van der Waals surface area contributed by atoms with E-state index in [0.717, 1.165) is 0 Å². The van der Waals surface area contributed by atoms with Crippen molar-refractivity contribution < 1.29 is 14.9 Å². The maximum absolute atomic E-state index is 9.11. The summed E-state index contributed by atoms with van der Waals surface area (Å²) in [6.45, 7) is 3.31. The van der Waals surface area contributed by atoms with E-state index in [1.54, 1.807) is 6.07 Å². The second kappa shape index (κ2) is 2.96. The highest BCUT2D eigenvalue weighted by Crippen LogP contribution is 2.34. The van der Waals surface area contributed by atoms with Crippen LogP contribution in [-0.2, 0) is 0 Å². The van der Waals surface area contributed by atoms with Crippen molar-refractivity contribution in [3.8, 4) is 17.2 Å². The first-order chi connectivity index (χ1) is 5.25. The van der Waals surface area contributed by atoms with Crippen molar-refractivity contribution in [1.82, 2.24) is 0 Å². The maximum Gasteiger partial charge on any atom is 0.201 e. The van der Waals surface area contributed by atoms with E-state index in [1.165, 1.54) is 18.4 Å². The first kappa shape index (κ1) is 7.47. The molecule has 0 saturated carbocycles. The van der Waals surface area contributed by atoms with Crippen molar-refractivity contribution in [3.63, 3.8) is 0 Å². The van der Waals surface area contributed by atoms with Gasteiger partial charge in [0.05, 0.1) is 6.26 Å². The number of rotatable bonds is 2. The Balaban J connectivity index is 3.05. The molecule has 1 rings (SSSR count). The molecule has 0 atom stereocenters. The third-order valence-electron chi connectivity index (χ3n) is 1.19. The number of aromatic hydroxyl groups is 2. The summed E-state index contributed by atoms with van der Waals surface area (Å²) in [6.07, 6.45) is 1.18. The van der Waals surface area contributed by atoms with Gasteiger partial charge in [-0.25, -0.2) is 0 Å². The second-order valence-corrected chi connectivity index (χ2v) is 1.91. The minimum atomic E-state index is -0.271. The van der Waals surface area contributed by atoms with Gasteiger partial charge >= 0.3 is 0 Å². The molecule has 0 amide bonds. The molecule has 0 radical (unpaired) electrons. The highest BCUT2D eigenvalue weighted by Gasteiger charge is 2.04. The molecule has 0 fully saturated rings. The average molecular weight is 152 g/mol. The van der Waals surface area contributed by atoms with E-state index in [0.29, 0.717) is 0 Å². The van der Waals surface area contributed by atoms with Crippen molar-refractivity contribution in [2.45, 2.75) is 0 Å². The van der Waals surface area contributed by atoms with Crippen molar-refractivity contribution in [2.24, 2.45) is 0 Å². The van der Waals surface area contributed by atoms with Gasteiger partial charge in [-0.2, -0.15) is 0 Å². The Bertz CT molecular complexity index is 268. The second-order valence-electron chi connectivity index (χ2n) is 1.91. The number of para-hydroxylation sites is 1. The summed E-state index contributed by atoms with van der Waals surface area (Å²) in [5.41, 5.74) is 0. The molecule has 3 nitrogen and oxygen atoms in total. The highest BCUT2D eigenvalue weighted by atomic mass is 16.5. The summed E-state index contributed by atoms with van der Waals surface area (Å²) in [5.74, 6) is -0.281. The Hall–Kier alpha value is -1.64. The largest absolute Gasteiger partial charge is 0.504 e. The van der Waals surface area contributed by atoms with Gasteiger partial charge in [0.25, 0.3) is 0 Å². The van der Waals surface area contributed by atoms with Crippen molar-refractivity contribution in [3.05, 3.63) is 31.0 Å². The maximum atomic E-state index is 9.11. The molecule has 0 aromatic heterocycles. The van der Waals surface area contributed by atoms with Gasteiger partial charge in [-0.1, -0.05) is 12.6 Å². The zero-order valence-electron chi connectivity index (χ0n) is 5.82. The molecule has 0 aliphatic heterocycles. The van der Waals surface area contributed by atoms with Crippen molar-refractivity contribution in [1.29, 1.82) is 0 Å². The predicted molar refractivity (Wildman–Crippen MR) is 40.6 cm³/mol. The number of hydrogen-bond acceptors (Lipinski definition) is 3. The van der Waals surface area contributed by atoms with E-state index < -0.39 is 0 Å². The Kier molecular flexibility index (Phi) is 2.01. The molecule has 0 aliphatic carbocycles. The molecule has 0 spiro atoms. The number of hydrogen-bond donors (Lipinski definition) is 2. The van der Waals surface area contributed by atoms with Crippen LogP contribution in [0.4, 0.5) is 0 Å². The van der Waals surface area contributed by atoms with Crippen LogP contribution >= 0.6 is 0 Å². The van der Waals surface area contributed by atoms with Crippen LogP contribution in [0, 0.1) is 0 Å². The molecule has 0 saturated heterocycles. The van der Waals surface area contributed by atoms with Gasteiger partial charge in [0.15, 0.2) is 11.5 Å². The summed E-state index contributed by atoms with van der Waals surface area (Å²) in [6, 6.07) is 4.45. The molecule has 0 unspecified atom stereocenters. The lowest BCUT2D eigenvalue weighted by atomic mass is 10.3. The molecule has 1 aromatic carbocycles. The van der Waals surface area contributed by atoms with Gasteiger partial charge < -0.3 is 14.9 Å². The van der Waals surface area contributed by atoms with Crippen LogP contribution in [0.1, 0.15) is 0 Å². The smallest absolute Gasteiger partial charge is 0.201 e. The lowest BCUT2D eigenvalue weighted by molar-refractivity contribution is 0.372. The summed E-state index contributed by atoms with van der Waals surface area (Å²) in [5, 5.41) is 18.1. The molecule has 3 heteroatoms. The van der Waals surface area contributed by atoms with E-state index >= 15 is 0 Å². The third kappa shape index (κ3) is 1.43. The van der Waals surface area contributed by atoms with E-state index in [4.69, 9.17) is 14.9 Å². The number of benzene rings is 1. The quantitative estimate of drug-likeness (QED) is 0.500. The van der Waals surface area contributed by atoms with Crippen LogP contribution < -0.4 is 4.74 Å². The molecule has 11 heavy (non-hydrogen) atoms. The van der Waals surface area contributed by atoms with Crippen LogP contribution in [0.25, 0.3) is 0 Å². The Morgan fingerprint density at radius 2 is 2.09 bits per heavy atom. The molecule has 1 aromatic rings. The van der Waals surface area contributed by atoms with E-state index in [-0.39, 0.29) is 17.2 Å². The van der Waals surface area contributed by atoms with Crippen LogP contribution in [0.5, 0.6) is 17.2 Å². The summed E-state index contributed by atoms with van der Waals surface area (Å²) in [4.78, 5) is 0. The molecule has 0 heterocycles. The summed E-state index contributed by atoms with van der Waals surface area (Å²) >= 11 is 0. The fraction of sp³-hybridized carbons (Fsp3) is 0. The number of phenols is 2. The fourth-order valence-electron chi connectivity index (χ4n) is 0.696. The van der Waals surface area contributed by atoms with E-state index in [9.17, 15) is 0 Å². The van der Waals surface area contributed by atoms with E-state index in [2.05, 4.69) is 6.58 Å². The van der Waals surface area contributed by atoms with Gasteiger partial charge in [0.1, 0.15) is 0 Å². The normalized spacial score (nSPS) is 9.09. The monoisotopic (exact) mass is 152 g/mol. The van der Waals surface area contributed by atoms with Gasteiger partial charge in [0.2, 0.25) is 5.75 Å². The number of phenolic OH excluding ortho intramolecular Hbond substituents is 2. The topological polar surface area (TPSA) is 49.7 Å². The van der Waals surface area contributed by atoms with Crippen LogP contribution in [-0.4, -0.2) is 10.2 Å². The minimum Gasteiger partial charge on any atom is -0.504 e. The lowest BCUT2D eigenvalue weighted by Crippen LogP contribution is -1.80. The summed E-state index contributed by atoms with van der Waals surface area (Å²) < 4.78 is 4.77. The minimum absolute atomic E-state index is 0.194. The highest BCUT2D eigenvalue weighted by molar-refractivity contribution is 5.49. The zero-order chi connectivity index (χ0) is 8.27. The molecule has 58 valence electrons. The zero-order valence-corrected chi connectivity index (χ0v) is 5.82. The van der Waals surface area contributed by atoms with Crippen molar-refractivity contribution >= 4 is 0 Å². The molecular formula is C8H8O3. The fourth-order valence-corrected chi connectivity index (χ4v) is 0.696. The lowest BCUT2D eigenvalue weighted by Gasteiger charge is -2.02. The standard InChI is InChI=1S/C8H8O3/c1-2-11-7-5-3-4-6(9)8(7)10/h2-5,9-10H,1H2. The SMILES string of the molecule is C=COc1cccc(O)c1O. The Labute approximate surface area is 64.2 Å². The van der Waals surface area contributed by atoms with Crippen LogP contribution in [0.2, 0.25) is 0 Å². The Morgan fingerprint density at radius 1 is 1.36 bits per heavy atom. The first-order valence-electron chi connectivity index (χ1n) is 3.04. The van der Waals surface area contributed by atoms with Crippen LogP contribution in [0.15, 0.2) is 31.0 Å². The van der Waals surface area contributed by atoms with Gasteiger partial charge in [-0.05, 0) is 12.1 Å². The van der Waals surface area contributed by atoms with Crippen molar-refractivity contribution in [2.75, 3.05) is 0 Å². The van der Waals surface area contributed by atoms with Gasteiger partial charge in [-0.15, -0.1) is 0 Å². The summed E-state index contributed by atoms with van der Waals surface area (Å²) in [7, 11) is 0. The average Bonchev–Trinajstić information content (AvgIpc) is 1.99. The van der Waals surface area contributed by atoms with E-state index in [1.807, 2.05) is 0 Å². The molecule has 2 N–H and O–H groups in total. The predicted octanol–water partition coefficient (Wildman–Crippen LogP) is 1.62. The van der Waals surface area contributed by atoms with Gasteiger partial charge in [0, 0.05) is 0 Å². The molecule has 0 aliphatic rings. The van der Waals surface area contributed by atoms with Crippen LogP contribution in [0.3, 0.4) is 0 Å². The third-order valence-corrected chi connectivity index (χ3v) is 1.19. The Morgan fingerprint density at radius 3 is 2.73 bits per heavy atom. The number of ether oxygens (including phenoxy) is 1. The molecule has 0 bridgehead atoms. The van der Waals surface area contributed by atoms with Gasteiger partial charge in [-0.3, -0.25) is 0 Å².